The van der Waals surface area contributed by atoms with Crippen molar-refractivity contribution in [3.8, 4) is 0 Å². The number of ketones is 1. The SMILES string of the molecule is Cc1ccc2c(c1)CN(C(=O)CC(C)(C)N(CC(=O)N1CCC[C@H]1C(=O)c1nn(C)c(=O)o1)C(=O)OC(C)(C)C)C2. The van der Waals surface area contributed by atoms with Crippen molar-refractivity contribution in [2.75, 3.05) is 13.1 Å². The maximum absolute atomic E-state index is 13.6. The minimum atomic E-state index is -1.09. The molecule has 2 aliphatic heterocycles. The van der Waals surface area contributed by atoms with E-state index in [4.69, 9.17) is 9.15 Å². The van der Waals surface area contributed by atoms with Gasteiger partial charge in [-0.1, -0.05) is 23.8 Å². The molecule has 0 N–H and O–H groups in total. The summed E-state index contributed by atoms with van der Waals surface area (Å²) in [4.78, 5) is 69.7. The van der Waals surface area contributed by atoms with Crippen molar-refractivity contribution in [1.82, 2.24) is 24.5 Å². The maximum atomic E-state index is 13.6. The highest BCUT2D eigenvalue weighted by molar-refractivity contribution is 5.99. The van der Waals surface area contributed by atoms with Crippen LogP contribution < -0.4 is 5.76 Å². The monoisotopic (exact) mass is 569 g/mol. The van der Waals surface area contributed by atoms with Crippen molar-refractivity contribution in [2.45, 2.75) is 91.1 Å². The molecule has 12 nitrogen and oxygen atoms in total. The van der Waals surface area contributed by atoms with Gasteiger partial charge in [-0.25, -0.2) is 9.59 Å². The number of aryl methyl sites for hydroxylation is 2. The molecule has 2 aromatic rings. The van der Waals surface area contributed by atoms with Gasteiger partial charge in [-0.15, -0.1) is 5.10 Å². The molecular formula is C29H39N5O7. The van der Waals surface area contributed by atoms with Crippen molar-refractivity contribution in [2.24, 2.45) is 7.05 Å². The van der Waals surface area contributed by atoms with Crippen molar-refractivity contribution in [3.05, 3.63) is 51.3 Å². The highest BCUT2D eigenvalue weighted by Gasteiger charge is 2.42. The number of likely N-dealkylation sites (tertiary alicyclic amines) is 1. The van der Waals surface area contributed by atoms with Crippen LogP contribution in [0.1, 0.15) is 81.3 Å². The molecule has 1 fully saturated rings. The topological polar surface area (TPSA) is 135 Å². The molecule has 222 valence electrons. The predicted octanol–water partition coefficient (Wildman–Crippen LogP) is 2.80. The van der Waals surface area contributed by atoms with Crippen molar-refractivity contribution in [1.29, 1.82) is 0 Å². The zero-order valence-electron chi connectivity index (χ0n) is 24.9. The van der Waals surface area contributed by atoms with Gasteiger partial charge in [-0.05, 0) is 65.5 Å². The fourth-order valence-electron chi connectivity index (χ4n) is 5.27. The van der Waals surface area contributed by atoms with Gasteiger partial charge >= 0.3 is 11.8 Å². The zero-order chi connectivity index (χ0) is 30.3. The third-order valence-electron chi connectivity index (χ3n) is 7.43. The van der Waals surface area contributed by atoms with E-state index in [1.54, 1.807) is 39.5 Å². The Labute approximate surface area is 239 Å². The maximum Gasteiger partial charge on any atom is 0.437 e. The molecule has 41 heavy (non-hydrogen) atoms. The first kappa shape index (κ1) is 30.0. The summed E-state index contributed by atoms with van der Waals surface area (Å²) >= 11 is 0. The fraction of sp³-hybridized carbons (Fsp3) is 0.586. The minimum Gasteiger partial charge on any atom is -0.444 e. The average Bonchev–Trinajstić information content (AvgIpc) is 3.59. The number of Topliss-reactive ketones (excluding diaryl/α,β-unsaturated/α-hetero) is 1. The Bertz CT molecular complexity index is 1420. The van der Waals surface area contributed by atoms with Crippen LogP contribution in [0.2, 0.25) is 0 Å². The van der Waals surface area contributed by atoms with Gasteiger partial charge in [0.15, 0.2) is 0 Å². The highest BCUT2D eigenvalue weighted by atomic mass is 16.6. The second-order valence-electron chi connectivity index (χ2n) is 12.5. The second-order valence-corrected chi connectivity index (χ2v) is 12.5. The summed E-state index contributed by atoms with van der Waals surface area (Å²) in [5.41, 5.74) is 1.39. The summed E-state index contributed by atoms with van der Waals surface area (Å²) < 4.78 is 11.5. The first-order chi connectivity index (χ1) is 19.1. The zero-order valence-corrected chi connectivity index (χ0v) is 24.9. The number of ether oxygens (including phenoxy) is 1. The van der Waals surface area contributed by atoms with Crippen LogP contribution >= 0.6 is 0 Å². The predicted molar refractivity (Wildman–Crippen MR) is 148 cm³/mol. The smallest absolute Gasteiger partial charge is 0.437 e. The fourth-order valence-corrected chi connectivity index (χ4v) is 5.27. The summed E-state index contributed by atoms with van der Waals surface area (Å²) in [6, 6.07) is 5.24. The Morgan fingerprint density at radius 1 is 1.07 bits per heavy atom. The van der Waals surface area contributed by atoms with Crippen LogP contribution in [0.15, 0.2) is 27.4 Å². The second kappa shape index (κ2) is 11.1. The minimum absolute atomic E-state index is 0.0338. The van der Waals surface area contributed by atoms with Gasteiger partial charge in [0.1, 0.15) is 18.2 Å². The number of benzene rings is 1. The lowest BCUT2D eigenvalue weighted by Gasteiger charge is -2.40. The molecule has 0 saturated carbocycles. The van der Waals surface area contributed by atoms with E-state index in [-0.39, 0.29) is 18.2 Å². The Morgan fingerprint density at radius 2 is 1.76 bits per heavy atom. The molecule has 12 heteroatoms. The van der Waals surface area contributed by atoms with E-state index in [0.29, 0.717) is 32.5 Å². The molecule has 4 rings (SSSR count). The van der Waals surface area contributed by atoms with Gasteiger partial charge in [0.05, 0.1) is 0 Å². The van der Waals surface area contributed by atoms with Crippen LogP contribution in [0, 0.1) is 6.92 Å². The van der Waals surface area contributed by atoms with Gasteiger partial charge in [-0.2, -0.15) is 4.68 Å². The number of aromatic nitrogens is 2. The molecule has 0 aliphatic carbocycles. The molecule has 3 amide bonds. The largest absolute Gasteiger partial charge is 0.444 e. The van der Waals surface area contributed by atoms with Gasteiger partial charge in [0.25, 0.3) is 5.89 Å². The molecule has 3 heterocycles. The van der Waals surface area contributed by atoms with E-state index in [1.807, 2.05) is 19.1 Å². The lowest BCUT2D eigenvalue weighted by atomic mass is 9.97. The van der Waals surface area contributed by atoms with Crippen LogP contribution in [0.5, 0.6) is 0 Å². The van der Waals surface area contributed by atoms with E-state index < -0.39 is 47.3 Å². The van der Waals surface area contributed by atoms with Gasteiger partial charge in [0.2, 0.25) is 17.6 Å². The van der Waals surface area contributed by atoms with Crippen LogP contribution in [-0.2, 0) is 34.5 Å². The summed E-state index contributed by atoms with van der Waals surface area (Å²) in [5, 5.41) is 3.83. The molecule has 1 aromatic carbocycles. The van der Waals surface area contributed by atoms with E-state index in [9.17, 15) is 24.0 Å². The molecule has 2 aliphatic rings. The molecule has 1 saturated heterocycles. The van der Waals surface area contributed by atoms with Crippen molar-refractivity contribution in [3.63, 3.8) is 0 Å². The summed E-state index contributed by atoms with van der Waals surface area (Å²) in [5.74, 6) is -2.34. The van der Waals surface area contributed by atoms with Gasteiger partial charge < -0.3 is 19.0 Å². The number of fused-ring (bicyclic) bond motifs is 1. The first-order valence-electron chi connectivity index (χ1n) is 13.8. The van der Waals surface area contributed by atoms with Crippen LogP contribution in [0.4, 0.5) is 4.79 Å². The number of carbonyl (C=O) groups excluding carboxylic acids is 4. The molecule has 0 radical (unpaired) electrons. The Hall–Kier alpha value is -3.96. The number of hydrogen-bond acceptors (Lipinski definition) is 8. The van der Waals surface area contributed by atoms with Crippen LogP contribution in [0.25, 0.3) is 0 Å². The van der Waals surface area contributed by atoms with E-state index >= 15 is 0 Å². The van der Waals surface area contributed by atoms with Crippen LogP contribution in [-0.4, -0.2) is 78.4 Å². The Balaban J connectivity index is 1.52. The lowest BCUT2D eigenvalue weighted by Crippen LogP contribution is -2.56. The van der Waals surface area contributed by atoms with E-state index in [0.717, 1.165) is 21.4 Å². The Morgan fingerprint density at radius 3 is 2.39 bits per heavy atom. The molecular weight excluding hydrogens is 530 g/mol. The van der Waals surface area contributed by atoms with E-state index in [2.05, 4.69) is 11.2 Å². The van der Waals surface area contributed by atoms with Gasteiger partial charge in [0, 0.05) is 38.6 Å². The molecule has 0 unspecified atom stereocenters. The summed E-state index contributed by atoms with van der Waals surface area (Å²) in [6.07, 6.45) is 0.159. The summed E-state index contributed by atoms with van der Waals surface area (Å²) in [7, 11) is 1.37. The molecule has 0 bridgehead atoms. The van der Waals surface area contributed by atoms with Crippen molar-refractivity contribution < 1.29 is 28.3 Å². The number of carbonyl (C=O) groups is 4. The quantitative estimate of drug-likeness (QED) is 0.465. The molecule has 0 spiro atoms. The normalized spacial score (nSPS) is 17.0. The summed E-state index contributed by atoms with van der Waals surface area (Å²) in [6.45, 7) is 11.5. The highest BCUT2D eigenvalue weighted by Crippen LogP contribution is 2.29. The number of rotatable bonds is 7. The number of amides is 3. The number of nitrogens with zero attached hydrogens (tertiary/aromatic N) is 5. The number of hydrogen-bond donors (Lipinski definition) is 0. The average molecular weight is 570 g/mol. The third-order valence-corrected chi connectivity index (χ3v) is 7.43. The third kappa shape index (κ3) is 6.68. The standard InChI is InChI=1S/C29H39N5O7/c1-18-10-11-19-15-32(16-20(19)13-18)22(35)14-29(5,6)34(27(39)41-28(2,3)4)17-23(36)33-12-8-9-21(33)24(37)25-30-31(7)26(38)40-25/h10-11,13,21H,8-9,12,14-17H2,1-7H3/t21-/m0/s1. The van der Waals surface area contributed by atoms with Crippen LogP contribution in [0.3, 0.4) is 0 Å². The lowest BCUT2D eigenvalue weighted by molar-refractivity contribution is -0.138. The Kier molecular flexibility index (Phi) is 8.15. The molecule has 1 aromatic heterocycles. The van der Waals surface area contributed by atoms with Crippen molar-refractivity contribution >= 4 is 23.7 Å². The first-order valence-corrected chi connectivity index (χ1v) is 13.8. The van der Waals surface area contributed by atoms with E-state index in [1.165, 1.54) is 16.8 Å². The molecule has 1 atom stereocenters. The van der Waals surface area contributed by atoms with Gasteiger partial charge in [-0.3, -0.25) is 19.3 Å².